The molecule has 0 fully saturated rings. The van der Waals surface area contributed by atoms with E-state index in [0.717, 1.165) is 16.9 Å². The molecule has 0 bridgehead atoms. The minimum Gasteiger partial charge on any atom is -0.489 e. The number of halogens is 1. The monoisotopic (exact) mass is 442 g/mol. The van der Waals surface area contributed by atoms with E-state index >= 15 is 0 Å². The topological polar surface area (TPSA) is 84.9 Å². The highest BCUT2D eigenvalue weighted by molar-refractivity contribution is 6.32. The molecular weight excluding hydrogens is 420 g/mol. The van der Waals surface area contributed by atoms with Gasteiger partial charge in [-0.1, -0.05) is 37.6 Å². The lowest BCUT2D eigenvalue weighted by atomic mass is 10.0. The second-order valence-electron chi connectivity index (χ2n) is 7.89. The molecule has 0 aromatic heterocycles. The highest BCUT2D eigenvalue weighted by atomic mass is 35.5. The third-order valence-corrected chi connectivity index (χ3v) is 5.61. The summed E-state index contributed by atoms with van der Waals surface area (Å²) in [6.45, 7) is 4.82. The SMILES string of the molecule is CC(C)[C@@H](C(=O)NCc1cc(Cl)c2c(c1)OCCCO2)N1C(=O)c2ccccc2C1=O. The fourth-order valence-electron chi connectivity index (χ4n) is 3.86. The Morgan fingerprint density at radius 2 is 1.74 bits per heavy atom. The minimum atomic E-state index is -0.928. The second-order valence-corrected chi connectivity index (χ2v) is 8.30. The molecule has 2 aromatic rings. The number of carbonyl (C=O) groups is 3. The Hall–Kier alpha value is -3.06. The van der Waals surface area contributed by atoms with Crippen molar-refractivity contribution in [3.05, 3.63) is 58.1 Å². The van der Waals surface area contributed by atoms with E-state index in [4.69, 9.17) is 21.1 Å². The van der Waals surface area contributed by atoms with Crippen LogP contribution in [0.3, 0.4) is 0 Å². The zero-order valence-corrected chi connectivity index (χ0v) is 18.1. The molecule has 0 unspecified atom stereocenters. The average molecular weight is 443 g/mol. The predicted molar refractivity (Wildman–Crippen MR) is 114 cm³/mol. The van der Waals surface area contributed by atoms with Crippen molar-refractivity contribution in [1.29, 1.82) is 0 Å². The Kier molecular flexibility index (Phi) is 5.87. The molecule has 31 heavy (non-hydrogen) atoms. The zero-order chi connectivity index (χ0) is 22.1. The Labute approximate surface area is 185 Å². The van der Waals surface area contributed by atoms with Crippen LogP contribution in [0.25, 0.3) is 0 Å². The van der Waals surface area contributed by atoms with Gasteiger partial charge in [0.15, 0.2) is 11.5 Å². The maximum atomic E-state index is 13.1. The normalized spacial score (nSPS) is 16.2. The van der Waals surface area contributed by atoms with E-state index in [2.05, 4.69) is 5.32 Å². The van der Waals surface area contributed by atoms with E-state index in [9.17, 15) is 14.4 Å². The van der Waals surface area contributed by atoms with Gasteiger partial charge in [0, 0.05) is 13.0 Å². The van der Waals surface area contributed by atoms with Crippen LogP contribution in [-0.4, -0.2) is 41.9 Å². The van der Waals surface area contributed by atoms with E-state index in [-0.39, 0.29) is 12.5 Å². The van der Waals surface area contributed by atoms with Crippen molar-refractivity contribution in [1.82, 2.24) is 10.2 Å². The molecule has 0 spiro atoms. The number of imide groups is 1. The number of carbonyl (C=O) groups excluding carboxylic acids is 3. The Bertz CT molecular complexity index is 1020. The van der Waals surface area contributed by atoms with Crippen molar-refractivity contribution in [3.63, 3.8) is 0 Å². The van der Waals surface area contributed by atoms with Crippen LogP contribution in [0.4, 0.5) is 0 Å². The van der Waals surface area contributed by atoms with E-state index in [0.29, 0.717) is 40.9 Å². The molecule has 0 saturated heterocycles. The first kappa shape index (κ1) is 21.2. The predicted octanol–water partition coefficient (Wildman–Crippen LogP) is 3.44. The van der Waals surface area contributed by atoms with E-state index in [1.165, 1.54) is 0 Å². The van der Waals surface area contributed by atoms with E-state index in [1.807, 2.05) is 0 Å². The Morgan fingerprint density at radius 1 is 1.10 bits per heavy atom. The van der Waals surface area contributed by atoms with Gasteiger partial charge in [-0.2, -0.15) is 0 Å². The molecule has 1 N–H and O–H groups in total. The van der Waals surface area contributed by atoms with Crippen molar-refractivity contribution in [3.8, 4) is 11.5 Å². The number of benzene rings is 2. The van der Waals surface area contributed by atoms with Gasteiger partial charge < -0.3 is 14.8 Å². The highest BCUT2D eigenvalue weighted by Crippen LogP contribution is 2.38. The summed E-state index contributed by atoms with van der Waals surface area (Å²) in [5.41, 5.74) is 1.37. The summed E-state index contributed by atoms with van der Waals surface area (Å²) in [6, 6.07) is 9.16. The van der Waals surface area contributed by atoms with Crippen molar-refractivity contribution < 1.29 is 23.9 Å². The number of nitrogens with zero attached hydrogens (tertiary/aromatic N) is 1. The summed E-state index contributed by atoms with van der Waals surface area (Å²) >= 11 is 6.33. The summed E-state index contributed by atoms with van der Waals surface area (Å²) in [5, 5.41) is 3.24. The summed E-state index contributed by atoms with van der Waals surface area (Å²) in [5.74, 6) is -0.543. The number of ether oxygens (including phenoxy) is 2. The molecule has 1 atom stereocenters. The van der Waals surface area contributed by atoms with E-state index < -0.39 is 23.8 Å². The van der Waals surface area contributed by atoms with Crippen molar-refractivity contribution >= 4 is 29.3 Å². The first-order chi connectivity index (χ1) is 14.9. The molecule has 0 aliphatic carbocycles. The van der Waals surface area contributed by atoms with Crippen LogP contribution >= 0.6 is 11.6 Å². The molecule has 7 nitrogen and oxygen atoms in total. The lowest BCUT2D eigenvalue weighted by Gasteiger charge is -2.28. The summed E-state index contributed by atoms with van der Waals surface area (Å²) in [7, 11) is 0. The molecule has 2 aliphatic heterocycles. The zero-order valence-electron chi connectivity index (χ0n) is 17.3. The van der Waals surface area contributed by atoms with Gasteiger partial charge in [-0.15, -0.1) is 0 Å². The number of hydrogen-bond donors (Lipinski definition) is 1. The van der Waals surface area contributed by atoms with Crippen LogP contribution < -0.4 is 14.8 Å². The van der Waals surface area contributed by atoms with Crippen molar-refractivity contribution in [2.75, 3.05) is 13.2 Å². The smallest absolute Gasteiger partial charge is 0.262 e. The molecule has 2 heterocycles. The highest BCUT2D eigenvalue weighted by Gasteiger charge is 2.43. The van der Waals surface area contributed by atoms with Crippen LogP contribution in [-0.2, 0) is 11.3 Å². The van der Waals surface area contributed by atoms with Gasteiger partial charge >= 0.3 is 0 Å². The number of amides is 3. The minimum absolute atomic E-state index is 0.168. The molecule has 0 radical (unpaired) electrons. The Balaban J connectivity index is 1.52. The average Bonchev–Trinajstić information content (AvgIpc) is 2.91. The molecular formula is C23H23ClN2O5. The van der Waals surface area contributed by atoms with Gasteiger partial charge in [-0.25, -0.2) is 0 Å². The largest absolute Gasteiger partial charge is 0.489 e. The summed E-state index contributed by atoms with van der Waals surface area (Å²) < 4.78 is 11.3. The van der Waals surface area contributed by atoms with Gasteiger partial charge in [-0.05, 0) is 35.7 Å². The third kappa shape index (κ3) is 3.97. The van der Waals surface area contributed by atoms with Gasteiger partial charge in [0.25, 0.3) is 11.8 Å². The molecule has 4 rings (SSSR count). The van der Waals surface area contributed by atoms with Crippen LogP contribution in [0.2, 0.25) is 5.02 Å². The number of rotatable bonds is 5. The maximum absolute atomic E-state index is 13.1. The fraction of sp³-hybridized carbons (Fsp3) is 0.348. The van der Waals surface area contributed by atoms with Gasteiger partial charge in [0.1, 0.15) is 6.04 Å². The van der Waals surface area contributed by atoms with Gasteiger partial charge in [0.05, 0.1) is 29.4 Å². The van der Waals surface area contributed by atoms with Crippen LogP contribution in [0.1, 0.15) is 46.5 Å². The molecule has 3 amide bonds. The number of hydrogen-bond acceptors (Lipinski definition) is 5. The Morgan fingerprint density at radius 3 is 2.39 bits per heavy atom. The van der Waals surface area contributed by atoms with Crippen LogP contribution in [0.15, 0.2) is 36.4 Å². The summed E-state index contributed by atoms with van der Waals surface area (Å²) in [4.78, 5) is 39.8. The quantitative estimate of drug-likeness (QED) is 0.717. The van der Waals surface area contributed by atoms with Crippen molar-refractivity contribution in [2.24, 2.45) is 5.92 Å². The molecule has 2 aromatic carbocycles. The van der Waals surface area contributed by atoms with Gasteiger partial charge in [-0.3, -0.25) is 19.3 Å². The lowest BCUT2D eigenvalue weighted by Crippen LogP contribution is -2.52. The van der Waals surface area contributed by atoms with Gasteiger partial charge in [0.2, 0.25) is 5.91 Å². The van der Waals surface area contributed by atoms with Crippen molar-refractivity contribution in [2.45, 2.75) is 32.9 Å². The number of nitrogens with one attached hydrogen (secondary N) is 1. The first-order valence-corrected chi connectivity index (χ1v) is 10.6. The lowest BCUT2D eigenvalue weighted by molar-refractivity contribution is -0.126. The molecule has 8 heteroatoms. The molecule has 0 saturated carbocycles. The standard InChI is InChI=1S/C23H23ClN2O5/c1-13(2)19(26-22(28)15-6-3-4-7-16(15)23(26)29)21(27)25-12-14-10-17(24)20-18(11-14)30-8-5-9-31-20/h3-4,6-7,10-11,13,19H,5,8-9,12H2,1-2H3,(H,25,27)/t19-/m0/s1. The maximum Gasteiger partial charge on any atom is 0.262 e. The molecule has 2 aliphatic rings. The summed E-state index contributed by atoms with van der Waals surface area (Å²) in [6.07, 6.45) is 0.757. The first-order valence-electron chi connectivity index (χ1n) is 10.2. The molecule has 162 valence electrons. The number of fused-ring (bicyclic) bond motifs is 2. The van der Waals surface area contributed by atoms with E-state index in [1.54, 1.807) is 50.2 Å². The van der Waals surface area contributed by atoms with Crippen LogP contribution in [0, 0.1) is 5.92 Å². The van der Waals surface area contributed by atoms with Crippen LogP contribution in [0.5, 0.6) is 11.5 Å². The fourth-order valence-corrected chi connectivity index (χ4v) is 4.15. The second kappa shape index (κ2) is 8.59. The third-order valence-electron chi connectivity index (χ3n) is 5.33.